The fraction of sp³-hybridized carbons (Fsp3) is 0.467. The van der Waals surface area contributed by atoms with Gasteiger partial charge < -0.3 is 4.90 Å². The molecule has 2 unspecified atom stereocenters. The Morgan fingerprint density at radius 1 is 1.18 bits per heavy atom. The fourth-order valence-corrected chi connectivity index (χ4v) is 5.43. The van der Waals surface area contributed by atoms with Crippen LogP contribution in [0.15, 0.2) is 32.8 Å². The third-order valence-corrected chi connectivity index (χ3v) is 6.75. The summed E-state index contributed by atoms with van der Waals surface area (Å²) >= 11 is 8.42. The van der Waals surface area contributed by atoms with Crippen LogP contribution >= 0.6 is 43.2 Å². The summed E-state index contributed by atoms with van der Waals surface area (Å²) in [4.78, 5) is 15.8. The third-order valence-electron chi connectivity index (χ3n) is 4.67. The van der Waals surface area contributed by atoms with E-state index in [-0.39, 0.29) is 5.91 Å². The van der Waals surface area contributed by atoms with Crippen LogP contribution in [0.25, 0.3) is 0 Å². The van der Waals surface area contributed by atoms with Crippen molar-refractivity contribution in [1.29, 1.82) is 0 Å². The first-order valence-corrected chi connectivity index (χ1v) is 9.85. The first-order valence-electron chi connectivity index (χ1n) is 7.38. The van der Waals surface area contributed by atoms with Gasteiger partial charge in [0.1, 0.15) is 0 Å². The predicted molar refractivity (Wildman–Crippen MR) is 93.2 cm³/mol. The number of aromatic nitrogens is 2. The molecule has 0 N–H and O–H groups in total. The van der Waals surface area contributed by atoms with E-state index < -0.39 is 0 Å². The van der Waals surface area contributed by atoms with Gasteiger partial charge in [-0.15, -0.1) is 11.3 Å². The second-order valence-electron chi connectivity index (χ2n) is 5.99. The molecule has 2 aliphatic rings. The zero-order chi connectivity index (χ0) is 15.3. The monoisotopic (exact) mass is 443 g/mol. The second-order valence-corrected chi connectivity index (χ2v) is 8.73. The molecule has 22 heavy (non-hydrogen) atoms. The molecule has 2 aliphatic heterocycles. The standard InChI is InChI=1S/C15H15Br2N3OS/c16-9-3-14(22-8-9)15(21)20-11-1-2-12(20)5-13(4-11)19-7-10(17)6-18-19/h3,6-8,11-13H,1-2,4-5H2. The molecule has 2 aromatic heterocycles. The van der Waals surface area contributed by atoms with Gasteiger partial charge in [0.05, 0.1) is 21.6 Å². The number of rotatable bonds is 2. The Balaban J connectivity index is 1.55. The van der Waals surface area contributed by atoms with E-state index in [9.17, 15) is 4.79 Å². The minimum atomic E-state index is 0.197. The maximum absolute atomic E-state index is 12.8. The van der Waals surface area contributed by atoms with Crippen molar-refractivity contribution in [2.75, 3.05) is 0 Å². The molecule has 1 amide bonds. The van der Waals surface area contributed by atoms with E-state index in [0.717, 1.165) is 39.5 Å². The van der Waals surface area contributed by atoms with E-state index in [1.807, 2.05) is 23.8 Å². The minimum Gasteiger partial charge on any atom is -0.332 e. The Labute approximate surface area is 149 Å². The minimum absolute atomic E-state index is 0.197. The van der Waals surface area contributed by atoms with Crippen molar-refractivity contribution in [3.8, 4) is 0 Å². The number of carbonyl (C=O) groups excluding carboxylic acids is 1. The molecule has 2 aromatic rings. The highest BCUT2D eigenvalue weighted by molar-refractivity contribution is 9.10. The highest BCUT2D eigenvalue weighted by Gasteiger charge is 2.44. The number of thiophene rings is 1. The van der Waals surface area contributed by atoms with E-state index in [2.05, 4.69) is 46.5 Å². The molecule has 0 saturated carbocycles. The predicted octanol–water partition coefficient (Wildman–Crippen LogP) is 4.48. The van der Waals surface area contributed by atoms with Crippen molar-refractivity contribution in [3.05, 3.63) is 37.7 Å². The van der Waals surface area contributed by atoms with E-state index >= 15 is 0 Å². The van der Waals surface area contributed by atoms with Crippen molar-refractivity contribution in [2.45, 2.75) is 43.8 Å². The Kier molecular flexibility index (Phi) is 3.90. The van der Waals surface area contributed by atoms with Gasteiger partial charge in [-0.1, -0.05) is 0 Å². The van der Waals surface area contributed by atoms with Gasteiger partial charge in [-0.25, -0.2) is 0 Å². The first kappa shape index (κ1) is 14.9. The second kappa shape index (κ2) is 5.76. The number of hydrogen-bond acceptors (Lipinski definition) is 3. The van der Waals surface area contributed by atoms with E-state index in [0.29, 0.717) is 18.1 Å². The molecular weight excluding hydrogens is 430 g/mol. The van der Waals surface area contributed by atoms with Crippen LogP contribution in [0.3, 0.4) is 0 Å². The average Bonchev–Trinajstić information content (AvgIpc) is 3.17. The number of halogens is 2. The van der Waals surface area contributed by atoms with E-state index in [4.69, 9.17) is 0 Å². The summed E-state index contributed by atoms with van der Waals surface area (Å²) in [6.07, 6.45) is 8.11. The van der Waals surface area contributed by atoms with Crippen molar-refractivity contribution in [3.63, 3.8) is 0 Å². The zero-order valence-corrected chi connectivity index (χ0v) is 15.8. The fourth-order valence-electron chi connectivity index (χ4n) is 3.76. The lowest BCUT2D eigenvalue weighted by Gasteiger charge is -2.38. The molecule has 0 spiro atoms. The van der Waals surface area contributed by atoms with Gasteiger partial charge in [-0.3, -0.25) is 9.48 Å². The molecule has 2 saturated heterocycles. The number of carbonyl (C=O) groups is 1. The number of amides is 1. The van der Waals surface area contributed by atoms with Crippen LogP contribution in [0, 0.1) is 0 Å². The quantitative estimate of drug-likeness (QED) is 0.684. The van der Waals surface area contributed by atoms with Gasteiger partial charge in [-0.2, -0.15) is 5.10 Å². The molecule has 0 aliphatic carbocycles. The van der Waals surface area contributed by atoms with Crippen LogP contribution in [0.2, 0.25) is 0 Å². The maximum Gasteiger partial charge on any atom is 0.264 e. The lowest BCUT2D eigenvalue weighted by Crippen LogP contribution is -2.46. The van der Waals surface area contributed by atoms with Crippen molar-refractivity contribution >= 4 is 49.1 Å². The summed E-state index contributed by atoms with van der Waals surface area (Å²) in [5.41, 5.74) is 0. The van der Waals surface area contributed by atoms with Gasteiger partial charge in [0.25, 0.3) is 5.91 Å². The van der Waals surface area contributed by atoms with Crippen molar-refractivity contribution in [2.24, 2.45) is 0 Å². The van der Waals surface area contributed by atoms with Crippen LogP contribution < -0.4 is 0 Å². The van der Waals surface area contributed by atoms with Crippen LogP contribution in [0.1, 0.15) is 41.4 Å². The van der Waals surface area contributed by atoms with Crippen LogP contribution in [-0.2, 0) is 0 Å². The highest BCUT2D eigenvalue weighted by Crippen LogP contribution is 2.42. The molecule has 2 atom stereocenters. The summed E-state index contributed by atoms with van der Waals surface area (Å²) in [5.74, 6) is 0.197. The number of hydrogen-bond donors (Lipinski definition) is 0. The topological polar surface area (TPSA) is 38.1 Å². The first-order chi connectivity index (χ1) is 10.6. The summed E-state index contributed by atoms with van der Waals surface area (Å²) in [6, 6.07) is 3.03. The summed E-state index contributed by atoms with van der Waals surface area (Å²) in [6.45, 7) is 0. The molecule has 0 aromatic carbocycles. The van der Waals surface area contributed by atoms with E-state index in [1.165, 1.54) is 11.3 Å². The van der Waals surface area contributed by atoms with Gasteiger partial charge in [0.15, 0.2) is 0 Å². The molecular formula is C15H15Br2N3OS. The number of nitrogens with zero attached hydrogens (tertiary/aromatic N) is 3. The lowest BCUT2D eigenvalue weighted by molar-refractivity contribution is 0.0529. The molecule has 4 rings (SSSR count). The molecule has 2 fully saturated rings. The largest absolute Gasteiger partial charge is 0.332 e. The molecule has 116 valence electrons. The van der Waals surface area contributed by atoms with Crippen LogP contribution in [0.5, 0.6) is 0 Å². The van der Waals surface area contributed by atoms with Gasteiger partial charge >= 0.3 is 0 Å². The lowest BCUT2D eigenvalue weighted by atomic mass is 9.97. The summed E-state index contributed by atoms with van der Waals surface area (Å²) in [5, 5.41) is 6.41. The molecule has 7 heteroatoms. The Bertz CT molecular complexity index is 699. The van der Waals surface area contributed by atoms with Crippen molar-refractivity contribution < 1.29 is 4.79 Å². The van der Waals surface area contributed by atoms with Gasteiger partial charge in [0, 0.05) is 28.1 Å². The molecule has 0 radical (unpaired) electrons. The maximum atomic E-state index is 12.8. The smallest absolute Gasteiger partial charge is 0.264 e. The van der Waals surface area contributed by atoms with Gasteiger partial charge in [0.2, 0.25) is 0 Å². The summed E-state index contributed by atoms with van der Waals surface area (Å²) in [7, 11) is 0. The SMILES string of the molecule is O=C(c1cc(Br)cs1)N1C2CCC1CC(n1cc(Br)cn1)C2. The Morgan fingerprint density at radius 2 is 1.91 bits per heavy atom. The molecule has 4 nitrogen and oxygen atoms in total. The molecule has 2 bridgehead atoms. The Morgan fingerprint density at radius 3 is 2.45 bits per heavy atom. The van der Waals surface area contributed by atoms with Crippen molar-refractivity contribution in [1.82, 2.24) is 14.7 Å². The number of fused-ring (bicyclic) bond motifs is 2. The zero-order valence-electron chi connectivity index (χ0n) is 11.8. The van der Waals surface area contributed by atoms with Crippen LogP contribution in [0.4, 0.5) is 0 Å². The average molecular weight is 445 g/mol. The molecule has 4 heterocycles. The number of piperidine rings is 1. The third kappa shape index (κ3) is 2.57. The van der Waals surface area contributed by atoms with E-state index in [1.54, 1.807) is 0 Å². The van der Waals surface area contributed by atoms with Crippen LogP contribution in [-0.4, -0.2) is 32.7 Å². The Hall–Kier alpha value is -0.660. The highest BCUT2D eigenvalue weighted by atomic mass is 79.9. The van der Waals surface area contributed by atoms with Gasteiger partial charge in [-0.05, 0) is 63.6 Å². The normalized spacial score (nSPS) is 27.4. The summed E-state index contributed by atoms with van der Waals surface area (Å²) < 4.78 is 4.06.